The summed E-state index contributed by atoms with van der Waals surface area (Å²) in [4.78, 5) is 25.9. The average molecular weight is 410 g/mol. The molecule has 0 radical (unpaired) electrons. The molecule has 10 heteroatoms. The summed E-state index contributed by atoms with van der Waals surface area (Å²) < 4.78 is 8.87. The van der Waals surface area contributed by atoms with E-state index >= 15 is 0 Å². The van der Waals surface area contributed by atoms with Crippen molar-refractivity contribution in [2.75, 3.05) is 5.32 Å². The summed E-state index contributed by atoms with van der Waals surface area (Å²) in [5.74, 6) is 0.292. The first-order chi connectivity index (χ1) is 13.6. The van der Waals surface area contributed by atoms with Crippen LogP contribution in [0.25, 0.3) is 21.7 Å². The molecule has 0 aliphatic carbocycles. The fourth-order valence-electron chi connectivity index (χ4n) is 2.47. The average Bonchev–Trinajstić information content (AvgIpc) is 3.36. The molecule has 8 nitrogen and oxygen atoms in total. The molecule has 0 spiro atoms. The Balaban J connectivity index is 1.51. The number of benzene rings is 1. The lowest BCUT2D eigenvalue weighted by molar-refractivity contribution is 0.216. The number of hydrogen-bond donors (Lipinski definition) is 1. The normalized spacial score (nSPS) is 10.6. The molecular weight excluding hydrogens is 396 g/mol. The van der Waals surface area contributed by atoms with Gasteiger partial charge in [0.2, 0.25) is 5.06 Å². The predicted octanol–water partition coefficient (Wildman–Crippen LogP) is 4.35. The van der Waals surface area contributed by atoms with E-state index in [9.17, 15) is 4.79 Å². The number of carbonyl (C=O) groups is 1. The smallest absolute Gasteiger partial charge is 0.395 e. The fourth-order valence-corrected chi connectivity index (χ4v) is 3.62. The van der Waals surface area contributed by atoms with Crippen LogP contribution >= 0.6 is 22.9 Å². The number of ether oxygens (including phenoxy) is 1. The number of hydrogen-bond acceptors (Lipinski definition) is 9. The highest BCUT2D eigenvalue weighted by molar-refractivity contribution is 7.13. The standard InChI is InChI=1S/C18H14N6O2S2/c1-10-3-4-12(15-7-19-9-27-15)5-13(10)14-6-21-16(8-20-14)22-18(25)26-17-11(2)23-24-28-17/h3-9H,1-2H3,(H,21,22,25). The number of carbonyl (C=O) groups excluding carboxylic acids is 1. The number of anilines is 1. The van der Waals surface area contributed by atoms with Crippen LogP contribution in [0.3, 0.4) is 0 Å². The molecule has 0 unspecified atom stereocenters. The molecule has 0 bridgehead atoms. The van der Waals surface area contributed by atoms with Gasteiger partial charge in [-0.15, -0.1) is 16.4 Å². The Morgan fingerprint density at radius 1 is 1.14 bits per heavy atom. The van der Waals surface area contributed by atoms with Crippen LogP contribution in [-0.4, -0.2) is 30.6 Å². The molecule has 0 aliphatic rings. The summed E-state index contributed by atoms with van der Waals surface area (Å²) in [5, 5.41) is 6.68. The Morgan fingerprint density at radius 3 is 2.71 bits per heavy atom. The van der Waals surface area contributed by atoms with Crippen molar-refractivity contribution in [2.24, 2.45) is 0 Å². The van der Waals surface area contributed by atoms with E-state index in [4.69, 9.17) is 4.74 Å². The van der Waals surface area contributed by atoms with Gasteiger partial charge < -0.3 is 4.74 Å². The van der Waals surface area contributed by atoms with Crippen molar-refractivity contribution in [1.29, 1.82) is 0 Å². The second-order valence-corrected chi connectivity index (χ2v) is 7.45. The van der Waals surface area contributed by atoms with Crippen LogP contribution in [0.5, 0.6) is 5.06 Å². The lowest BCUT2D eigenvalue weighted by Gasteiger charge is -2.08. The Hall–Kier alpha value is -3.24. The van der Waals surface area contributed by atoms with Crippen LogP contribution in [0.2, 0.25) is 0 Å². The zero-order valence-electron chi connectivity index (χ0n) is 14.9. The van der Waals surface area contributed by atoms with Crippen LogP contribution in [0.1, 0.15) is 11.3 Å². The van der Waals surface area contributed by atoms with Crippen molar-refractivity contribution in [3.05, 3.63) is 53.6 Å². The van der Waals surface area contributed by atoms with Crippen molar-refractivity contribution in [1.82, 2.24) is 24.5 Å². The van der Waals surface area contributed by atoms with E-state index in [2.05, 4.69) is 42.0 Å². The van der Waals surface area contributed by atoms with Gasteiger partial charge in [0.25, 0.3) is 0 Å². The van der Waals surface area contributed by atoms with Gasteiger partial charge in [-0.05, 0) is 31.0 Å². The number of thiazole rings is 1. The van der Waals surface area contributed by atoms with Crippen LogP contribution in [-0.2, 0) is 0 Å². The van der Waals surface area contributed by atoms with Gasteiger partial charge in [-0.1, -0.05) is 16.6 Å². The molecule has 0 aliphatic heterocycles. The fraction of sp³-hybridized carbons (Fsp3) is 0.111. The minimum atomic E-state index is -0.667. The largest absolute Gasteiger partial charge is 0.419 e. The highest BCUT2D eigenvalue weighted by Crippen LogP contribution is 2.30. The van der Waals surface area contributed by atoms with Crippen LogP contribution in [0.4, 0.5) is 10.6 Å². The molecule has 3 heterocycles. The molecule has 0 saturated heterocycles. The molecule has 3 aromatic heterocycles. The van der Waals surface area contributed by atoms with E-state index in [1.54, 1.807) is 30.0 Å². The summed E-state index contributed by atoms with van der Waals surface area (Å²) in [7, 11) is 0. The second-order valence-electron chi connectivity index (χ2n) is 5.84. The number of amides is 1. The summed E-state index contributed by atoms with van der Waals surface area (Å²) in [5.41, 5.74) is 6.19. The minimum absolute atomic E-state index is 0.292. The first-order valence-corrected chi connectivity index (χ1v) is 9.85. The monoisotopic (exact) mass is 410 g/mol. The van der Waals surface area contributed by atoms with Gasteiger partial charge in [0.15, 0.2) is 5.82 Å². The van der Waals surface area contributed by atoms with E-state index in [-0.39, 0.29) is 0 Å². The molecule has 0 atom stereocenters. The lowest BCUT2D eigenvalue weighted by atomic mass is 10.0. The molecule has 1 amide bonds. The van der Waals surface area contributed by atoms with Gasteiger partial charge >= 0.3 is 6.09 Å². The van der Waals surface area contributed by atoms with Gasteiger partial charge in [-0.3, -0.25) is 15.3 Å². The molecule has 4 aromatic rings. The zero-order valence-corrected chi connectivity index (χ0v) is 16.5. The van der Waals surface area contributed by atoms with Crippen molar-refractivity contribution in [3.8, 4) is 26.8 Å². The topological polar surface area (TPSA) is 103 Å². The maximum atomic E-state index is 12.0. The second kappa shape index (κ2) is 7.79. The van der Waals surface area contributed by atoms with E-state index in [1.165, 1.54) is 6.20 Å². The zero-order chi connectivity index (χ0) is 19.5. The third kappa shape index (κ3) is 3.87. The lowest BCUT2D eigenvalue weighted by Crippen LogP contribution is -2.17. The summed E-state index contributed by atoms with van der Waals surface area (Å²) in [6.45, 7) is 3.73. The first kappa shape index (κ1) is 18.1. The Labute approximate surface area is 168 Å². The Kier molecular flexibility index (Phi) is 5.04. The molecule has 0 fully saturated rings. The molecule has 140 valence electrons. The van der Waals surface area contributed by atoms with E-state index in [0.29, 0.717) is 22.3 Å². The molecule has 1 N–H and O–H groups in total. The number of nitrogens with zero attached hydrogens (tertiary/aromatic N) is 5. The number of aromatic nitrogens is 5. The molecule has 0 saturated carbocycles. The maximum Gasteiger partial charge on any atom is 0.419 e. The first-order valence-electron chi connectivity index (χ1n) is 8.20. The van der Waals surface area contributed by atoms with Gasteiger partial charge in [0.1, 0.15) is 5.69 Å². The van der Waals surface area contributed by atoms with E-state index < -0.39 is 6.09 Å². The van der Waals surface area contributed by atoms with Crippen molar-refractivity contribution < 1.29 is 9.53 Å². The van der Waals surface area contributed by atoms with Crippen molar-refractivity contribution in [2.45, 2.75) is 13.8 Å². The Bertz CT molecular complexity index is 1110. The van der Waals surface area contributed by atoms with Crippen LogP contribution < -0.4 is 10.1 Å². The summed E-state index contributed by atoms with van der Waals surface area (Å²) in [6, 6.07) is 6.16. The SMILES string of the molecule is Cc1ccc(-c2cncs2)cc1-c1cnc(NC(=O)Oc2snnc2C)cn1. The highest BCUT2D eigenvalue weighted by atomic mass is 32.1. The third-order valence-electron chi connectivity index (χ3n) is 3.91. The van der Waals surface area contributed by atoms with Gasteiger partial charge in [-0.25, -0.2) is 9.78 Å². The van der Waals surface area contributed by atoms with Crippen LogP contribution in [0, 0.1) is 13.8 Å². The Morgan fingerprint density at radius 2 is 2.04 bits per heavy atom. The minimum Gasteiger partial charge on any atom is -0.395 e. The van der Waals surface area contributed by atoms with E-state index in [0.717, 1.165) is 33.1 Å². The quantitative estimate of drug-likeness (QED) is 0.533. The molecule has 1 aromatic carbocycles. The van der Waals surface area contributed by atoms with E-state index in [1.807, 2.05) is 19.2 Å². The van der Waals surface area contributed by atoms with Gasteiger partial charge in [0, 0.05) is 23.3 Å². The predicted molar refractivity (Wildman–Crippen MR) is 108 cm³/mol. The summed E-state index contributed by atoms with van der Waals surface area (Å²) >= 11 is 2.59. The van der Waals surface area contributed by atoms with Crippen molar-refractivity contribution in [3.63, 3.8) is 0 Å². The van der Waals surface area contributed by atoms with Gasteiger partial charge in [-0.2, -0.15) is 0 Å². The highest BCUT2D eigenvalue weighted by Gasteiger charge is 2.12. The van der Waals surface area contributed by atoms with Gasteiger partial charge in [0.05, 0.1) is 28.5 Å². The molecule has 28 heavy (non-hydrogen) atoms. The number of rotatable bonds is 4. The van der Waals surface area contributed by atoms with Crippen LogP contribution in [0.15, 0.2) is 42.3 Å². The molecule has 4 rings (SSSR count). The van der Waals surface area contributed by atoms with Crippen molar-refractivity contribution >= 4 is 34.8 Å². The molecular formula is C18H14N6O2S2. The number of nitrogens with one attached hydrogen (secondary N) is 1. The third-order valence-corrected chi connectivity index (χ3v) is 5.44. The maximum absolute atomic E-state index is 12.0. The summed E-state index contributed by atoms with van der Waals surface area (Å²) in [6.07, 6.45) is 4.28. The number of aryl methyl sites for hydroxylation is 2.